The number of fused-ring (bicyclic) bond motifs is 2. The molecule has 4 N–H and O–H groups in total. The Morgan fingerprint density at radius 2 is 1.93 bits per heavy atom. The number of rotatable bonds is 5. The summed E-state index contributed by atoms with van der Waals surface area (Å²) in [7, 11) is 0. The maximum atomic E-state index is 12.3. The molecule has 0 aliphatic carbocycles. The molecule has 2 aromatic carbocycles. The van der Waals surface area contributed by atoms with Crippen LogP contribution in [0.15, 0.2) is 72.1 Å². The Labute approximate surface area is 180 Å². The van der Waals surface area contributed by atoms with Crippen molar-refractivity contribution < 1.29 is 4.79 Å². The van der Waals surface area contributed by atoms with Gasteiger partial charge in [0.25, 0.3) is 5.91 Å². The van der Waals surface area contributed by atoms with E-state index in [1.807, 2.05) is 60.8 Å². The Bertz CT molecular complexity index is 1140. The van der Waals surface area contributed by atoms with Crippen molar-refractivity contribution in [2.24, 2.45) is 10.8 Å². The van der Waals surface area contributed by atoms with Gasteiger partial charge in [-0.3, -0.25) is 9.78 Å². The van der Waals surface area contributed by atoms with Gasteiger partial charge in [-0.1, -0.05) is 42.5 Å². The highest BCUT2D eigenvalue weighted by atomic mass is 35.5. The molecule has 0 saturated heterocycles. The van der Waals surface area contributed by atoms with Crippen LogP contribution in [0.3, 0.4) is 0 Å². The van der Waals surface area contributed by atoms with Crippen LogP contribution in [-0.4, -0.2) is 28.1 Å². The van der Waals surface area contributed by atoms with Gasteiger partial charge in [0.15, 0.2) is 0 Å². The molecule has 0 radical (unpaired) electrons. The number of pyridine rings is 1. The van der Waals surface area contributed by atoms with Crippen LogP contribution in [0, 0.1) is 0 Å². The quantitative estimate of drug-likeness (QED) is 0.334. The van der Waals surface area contributed by atoms with E-state index in [4.69, 9.17) is 5.73 Å². The number of H-pyrrole nitrogens is 1. The van der Waals surface area contributed by atoms with E-state index >= 15 is 0 Å². The number of amides is 1. The summed E-state index contributed by atoms with van der Waals surface area (Å²) in [5, 5.41) is 6.14. The molecule has 0 aliphatic rings. The highest BCUT2D eigenvalue weighted by Gasteiger charge is 2.15. The maximum Gasteiger partial charge on any atom is 0.257 e. The third-order valence-electron chi connectivity index (χ3n) is 4.49. The number of para-hydroxylation sites is 2. The molecule has 0 fully saturated rings. The maximum absolute atomic E-state index is 12.3. The van der Waals surface area contributed by atoms with Crippen molar-refractivity contribution in [3.8, 4) is 0 Å². The molecule has 0 spiro atoms. The minimum absolute atomic E-state index is 0. The molecule has 150 valence electrons. The fourth-order valence-corrected chi connectivity index (χ4v) is 3.11. The van der Waals surface area contributed by atoms with Crippen LogP contribution in [0.5, 0.6) is 0 Å². The molecular formula is C21H21Cl2N5O. The summed E-state index contributed by atoms with van der Waals surface area (Å²) in [6, 6.07) is 16.9. The van der Waals surface area contributed by atoms with Crippen molar-refractivity contribution in [2.45, 2.75) is 12.5 Å². The third-order valence-corrected chi connectivity index (χ3v) is 4.49. The van der Waals surface area contributed by atoms with Gasteiger partial charge in [-0.25, -0.2) is 5.43 Å². The molecule has 0 aliphatic heterocycles. The molecule has 4 rings (SSSR count). The minimum atomic E-state index is -0.688. The SMILES string of the molecule is Cl.Cl.N[C@@H](Cc1c[nH]c2ccccc12)C(=O)NN=Cc1cccc2cccnc12. The van der Waals surface area contributed by atoms with Crippen molar-refractivity contribution in [3.63, 3.8) is 0 Å². The van der Waals surface area contributed by atoms with Gasteiger partial charge < -0.3 is 10.7 Å². The molecular weight excluding hydrogens is 409 g/mol. The average molecular weight is 430 g/mol. The van der Waals surface area contributed by atoms with Gasteiger partial charge in [0, 0.05) is 34.2 Å². The summed E-state index contributed by atoms with van der Waals surface area (Å²) < 4.78 is 0. The van der Waals surface area contributed by atoms with E-state index < -0.39 is 6.04 Å². The van der Waals surface area contributed by atoms with E-state index in [1.165, 1.54) is 0 Å². The summed E-state index contributed by atoms with van der Waals surface area (Å²) in [6.45, 7) is 0. The Kier molecular flexibility index (Phi) is 7.73. The standard InChI is InChI=1S/C21H19N5O.2ClH/c22-18(11-16-12-24-19-9-2-1-8-17(16)19)21(27)26-25-13-15-6-3-5-14-7-4-10-23-20(14)15;;/h1-10,12-13,18,24H,11,22H2,(H,26,27);2*1H/t18-;;/m0../s1. The Hall–Kier alpha value is -2.93. The fraction of sp³-hybridized carbons (Fsp3) is 0.0952. The number of benzene rings is 2. The molecule has 2 heterocycles. The molecule has 29 heavy (non-hydrogen) atoms. The monoisotopic (exact) mass is 429 g/mol. The molecule has 4 aromatic rings. The van der Waals surface area contributed by atoms with E-state index in [9.17, 15) is 4.79 Å². The molecule has 0 saturated carbocycles. The number of aromatic nitrogens is 2. The van der Waals surface area contributed by atoms with Crippen molar-refractivity contribution in [3.05, 3.63) is 78.1 Å². The fourth-order valence-electron chi connectivity index (χ4n) is 3.11. The van der Waals surface area contributed by atoms with Crippen LogP contribution in [0.1, 0.15) is 11.1 Å². The Balaban J connectivity index is 0.00000150. The molecule has 0 bridgehead atoms. The number of halogens is 2. The van der Waals surface area contributed by atoms with Crippen LogP contribution in [0.4, 0.5) is 0 Å². The van der Waals surface area contributed by atoms with Gasteiger partial charge in [0.2, 0.25) is 0 Å². The van der Waals surface area contributed by atoms with Crippen molar-refractivity contribution >= 4 is 58.7 Å². The van der Waals surface area contributed by atoms with Crippen LogP contribution >= 0.6 is 24.8 Å². The largest absolute Gasteiger partial charge is 0.361 e. The number of hydrazone groups is 1. The molecule has 0 unspecified atom stereocenters. The summed E-state index contributed by atoms with van der Waals surface area (Å²) in [4.78, 5) is 19.8. The zero-order valence-electron chi connectivity index (χ0n) is 15.4. The predicted molar refractivity (Wildman–Crippen MR) is 122 cm³/mol. The van der Waals surface area contributed by atoms with Gasteiger partial charge in [-0.05, 0) is 24.1 Å². The third kappa shape index (κ3) is 4.92. The zero-order valence-corrected chi connectivity index (χ0v) is 17.0. The lowest BCUT2D eigenvalue weighted by molar-refractivity contribution is -0.122. The highest BCUT2D eigenvalue weighted by Crippen LogP contribution is 2.18. The average Bonchev–Trinajstić information content (AvgIpc) is 3.11. The number of hydrogen-bond acceptors (Lipinski definition) is 4. The molecule has 1 atom stereocenters. The number of aromatic amines is 1. The number of hydrogen-bond donors (Lipinski definition) is 3. The van der Waals surface area contributed by atoms with Crippen LogP contribution < -0.4 is 11.2 Å². The lowest BCUT2D eigenvalue weighted by Gasteiger charge is -2.09. The second kappa shape index (κ2) is 10.0. The van der Waals surface area contributed by atoms with E-state index in [-0.39, 0.29) is 30.7 Å². The van der Waals surface area contributed by atoms with E-state index in [2.05, 4.69) is 20.5 Å². The number of nitrogens with two attached hydrogens (primary N) is 1. The van der Waals surface area contributed by atoms with Gasteiger partial charge in [0.1, 0.15) is 0 Å². The lowest BCUT2D eigenvalue weighted by atomic mass is 10.1. The van der Waals surface area contributed by atoms with Gasteiger partial charge in [-0.2, -0.15) is 5.10 Å². The summed E-state index contributed by atoms with van der Waals surface area (Å²) in [5.41, 5.74) is 12.3. The lowest BCUT2D eigenvalue weighted by Crippen LogP contribution is -2.39. The Morgan fingerprint density at radius 1 is 1.14 bits per heavy atom. The number of carbonyl (C=O) groups is 1. The van der Waals surface area contributed by atoms with Gasteiger partial charge in [0.05, 0.1) is 17.8 Å². The number of nitrogens with zero attached hydrogens (tertiary/aromatic N) is 2. The smallest absolute Gasteiger partial charge is 0.257 e. The highest BCUT2D eigenvalue weighted by molar-refractivity contribution is 5.97. The molecule has 1 amide bonds. The number of nitrogens with one attached hydrogen (secondary N) is 2. The first kappa shape index (κ1) is 22.4. The molecule has 8 heteroatoms. The van der Waals surface area contributed by atoms with E-state index in [0.29, 0.717) is 6.42 Å². The first-order valence-corrected chi connectivity index (χ1v) is 8.69. The zero-order chi connectivity index (χ0) is 18.6. The van der Waals surface area contributed by atoms with Crippen LogP contribution in [0.2, 0.25) is 0 Å². The van der Waals surface area contributed by atoms with E-state index in [1.54, 1.807) is 12.4 Å². The summed E-state index contributed by atoms with van der Waals surface area (Å²) >= 11 is 0. The normalized spacial score (nSPS) is 11.8. The Morgan fingerprint density at radius 3 is 2.79 bits per heavy atom. The molecule has 6 nitrogen and oxygen atoms in total. The second-order valence-electron chi connectivity index (χ2n) is 6.33. The van der Waals surface area contributed by atoms with Crippen LogP contribution in [-0.2, 0) is 11.2 Å². The van der Waals surface area contributed by atoms with Crippen LogP contribution in [0.25, 0.3) is 21.8 Å². The van der Waals surface area contributed by atoms with E-state index in [0.717, 1.165) is 32.9 Å². The van der Waals surface area contributed by atoms with Gasteiger partial charge in [-0.15, -0.1) is 24.8 Å². The number of carbonyl (C=O) groups excluding carboxylic acids is 1. The first-order chi connectivity index (χ1) is 13.2. The topological polar surface area (TPSA) is 96.2 Å². The van der Waals surface area contributed by atoms with Crippen molar-refractivity contribution in [2.75, 3.05) is 0 Å². The molecule has 2 aromatic heterocycles. The van der Waals surface area contributed by atoms with Crippen molar-refractivity contribution in [1.82, 2.24) is 15.4 Å². The summed E-state index contributed by atoms with van der Waals surface area (Å²) in [5.74, 6) is -0.329. The van der Waals surface area contributed by atoms with Crippen molar-refractivity contribution in [1.29, 1.82) is 0 Å². The first-order valence-electron chi connectivity index (χ1n) is 8.69. The van der Waals surface area contributed by atoms with Gasteiger partial charge >= 0.3 is 0 Å². The minimum Gasteiger partial charge on any atom is -0.361 e. The summed E-state index contributed by atoms with van der Waals surface area (Å²) in [6.07, 6.45) is 5.64. The second-order valence-corrected chi connectivity index (χ2v) is 6.33. The predicted octanol–water partition coefficient (Wildman–Crippen LogP) is 3.58.